The molecule has 0 spiro atoms. The highest BCUT2D eigenvalue weighted by Crippen LogP contribution is 2.59. The molecule has 2 atom stereocenters. The van der Waals surface area contributed by atoms with Crippen LogP contribution in [0.5, 0.6) is 0 Å². The van der Waals surface area contributed by atoms with Crippen LogP contribution in [0.4, 0.5) is 0 Å². The second-order valence-corrected chi connectivity index (χ2v) is 4.34. The minimum atomic E-state index is -0.189. The summed E-state index contributed by atoms with van der Waals surface area (Å²) in [7, 11) is 0. The molecule has 1 rings (SSSR count). The van der Waals surface area contributed by atoms with Gasteiger partial charge in [0.2, 0.25) is 5.24 Å². The van der Waals surface area contributed by atoms with Crippen LogP contribution in [0.25, 0.3) is 0 Å². The summed E-state index contributed by atoms with van der Waals surface area (Å²) in [5.74, 6) is 0.407. The van der Waals surface area contributed by atoms with Crippen LogP contribution in [0.3, 0.4) is 0 Å². The lowest BCUT2D eigenvalue weighted by Crippen LogP contribution is -1.96. The first-order valence-electron chi connectivity index (χ1n) is 4.37. The van der Waals surface area contributed by atoms with Crippen molar-refractivity contribution in [1.82, 2.24) is 0 Å². The van der Waals surface area contributed by atoms with Crippen LogP contribution in [0, 0.1) is 17.3 Å². The molecule has 0 N–H and O–H groups in total. The van der Waals surface area contributed by atoms with Gasteiger partial charge in [-0.05, 0) is 29.4 Å². The molecule has 12 heavy (non-hydrogen) atoms. The van der Waals surface area contributed by atoms with Crippen molar-refractivity contribution in [3.8, 4) is 0 Å². The number of rotatable bonds is 3. The average Bonchev–Trinajstić information content (AvgIpc) is 2.49. The summed E-state index contributed by atoms with van der Waals surface area (Å²) in [6.07, 6.45) is 5.24. The summed E-state index contributed by atoms with van der Waals surface area (Å²) in [6.45, 7) is 6.26. The first-order valence-corrected chi connectivity index (χ1v) is 4.75. The Labute approximate surface area is 78.8 Å². The van der Waals surface area contributed by atoms with Crippen molar-refractivity contribution in [1.29, 1.82) is 0 Å². The van der Waals surface area contributed by atoms with Crippen molar-refractivity contribution in [3.63, 3.8) is 0 Å². The molecule has 1 nitrogen and oxygen atoms in total. The Bertz CT molecular complexity index is 218. The fourth-order valence-electron chi connectivity index (χ4n) is 1.75. The molecule has 0 aliphatic heterocycles. The minimum absolute atomic E-state index is 0.0435. The summed E-state index contributed by atoms with van der Waals surface area (Å²) in [5, 5.41) is -0.189. The smallest absolute Gasteiger partial charge is 0.225 e. The quantitative estimate of drug-likeness (QED) is 0.489. The highest BCUT2D eigenvalue weighted by atomic mass is 35.5. The summed E-state index contributed by atoms with van der Waals surface area (Å²) >= 11 is 5.46. The normalized spacial score (nSPS) is 32.3. The van der Waals surface area contributed by atoms with E-state index in [1.807, 2.05) is 0 Å². The lowest BCUT2D eigenvalue weighted by Gasteiger charge is -1.95. The number of carbonyl (C=O) groups is 1. The van der Waals surface area contributed by atoms with Crippen LogP contribution in [-0.2, 0) is 4.79 Å². The van der Waals surface area contributed by atoms with Gasteiger partial charge >= 0.3 is 0 Å². The van der Waals surface area contributed by atoms with Gasteiger partial charge < -0.3 is 0 Å². The van der Waals surface area contributed by atoms with Crippen LogP contribution in [-0.4, -0.2) is 5.24 Å². The van der Waals surface area contributed by atoms with E-state index in [-0.39, 0.29) is 16.6 Å². The maximum absolute atomic E-state index is 10.9. The fourth-order valence-corrected chi connectivity index (χ4v) is 2.17. The minimum Gasteiger partial charge on any atom is -0.281 e. The number of hydrogen-bond donors (Lipinski definition) is 0. The molecule has 0 amide bonds. The number of hydrogen-bond acceptors (Lipinski definition) is 1. The summed E-state index contributed by atoms with van der Waals surface area (Å²) in [5.41, 5.74) is 0.0878. The number of allylic oxidation sites excluding steroid dienone is 2. The molecule has 0 aromatic rings. The summed E-state index contributed by atoms with van der Waals surface area (Å²) < 4.78 is 0. The van der Waals surface area contributed by atoms with Crippen molar-refractivity contribution in [2.75, 3.05) is 0 Å². The Balaban J connectivity index is 2.60. The lowest BCUT2D eigenvalue weighted by molar-refractivity contribution is -0.113. The summed E-state index contributed by atoms with van der Waals surface area (Å²) in [4.78, 5) is 10.9. The van der Waals surface area contributed by atoms with Crippen molar-refractivity contribution in [3.05, 3.63) is 12.2 Å². The van der Waals surface area contributed by atoms with Crippen molar-refractivity contribution >= 4 is 16.8 Å². The predicted molar refractivity (Wildman–Crippen MR) is 51.1 cm³/mol. The predicted octanol–water partition coefficient (Wildman–Crippen LogP) is 2.99. The molecule has 1 aliphatic carbocycles. The van der Waals surface area contributed by atoms with E-state index in [1.165, 1.54) is 0 Å². The molecule has 2 unspecified atom stereocenters. The van der Waals surface area contributed by atoms with Gasteiger partial charge in [-0.2, -0.15) is 0 Å². The number of halogens is 1. The Morgan fingerprint density at radius 2 is 2.17 bits per heavy atom. The van der Waals surface area contributed by atoms with Gasteiger partial charge in [-0.15, -0.1) is 0 Å². The van der Waals surface area contributed by atoms with Gasteiger partial charge in [0.1, 0.15) is 0 Å². The zero-order valence-electron chi connectivity index (χ0n) is 7.80. The topological polar surface area (TPSA) is 17.1 Å². The van der Waals surface area contributed by atoms with Crippen LogP contribution < -0.4 is 0 Å². The monoisotopic (exact) mass is 186 g/mol. The first-order chi connectivity index (χ1) is 5.51. The van der Waals surface area contributed by atoms with Gasteiger partial charge in [-0.3, -0.25) is 4.79 Å². The molecular formula is C10H15ClO. The van der Waals surface area contributed by atoms with Crippen molar-refractivity contribution in [2.45, 2.75) is 27.2 Å². The Kier molecular flexibility index (Phi) is 2.62. The lowest BCUT2D eigenvalue weighted by atomic mass is 10.1. The molecule has 0 heterocycles. The number of carbonyl (C=O) groups excluding carboxylic acids is 1. The van der Waals surface area contributed by atoms with E-state index < -0.39 is 0 Å². The molecule has 1 aliphatic rings. The molecule has 0 radical (unpaired) electrons. The third-order valence-electron chi connectivity index (χ3n) is 2.73. The Hall–Kier alpha value is -0.300. The Morgan fingerprint density at radius 1 is 1.58 bits per heavy atom. The molecule has 0 saturated heterocycles. The third kappa shape index (κ3) is 1.56. The highest BCUT2D eigenvalue weighted by Gasteiger charge is 2.59. The largest absolute Gasteiger partial charge is 0.281 e. The van der Waals surface area contributed by atoms with E-state index in [0.29, 0.717) is 5.92 Å². The molecule has 68 valence electrons. The SMILES string of the molecule is CC/C=C/C1C(C(=O)Cl)C1(C)C. The van der Waals surface area contributed by atoms with Gasteiger partial charge in [-0.25, -0.2) is 0 Å². The zero-order valence-corrected chi connectivity index (χ0v) is 8.56. The van der Waals surface area contributed by atoms with E-state index in [9.17, 15) is 4.79 Å². The molecule has 2 heteroatoms. The third-order valence-corrected chi connectivity index (χ3v) is 2.97. The summed E-state index contributed by atoms with van der Waals surface area (Å²) in [6, 6.07) is 0. The highest BCUT2D eigenvalue weighted by molar-refractivity contribution is 6.64. The van der Waals surface area contributed by atoms with E-state index >= 15 is 0 Å². The van der Waals surface area contributed by atoms with Gasteiger partial charge in [0.25, 0.3) is 0 Å². The standard InChI is InChI=1S/C10H15ClO/c1-4-5-6-7-8(9(11)12)10(7,2)3/h5-8H,4H2,1-3H3/b6-5+. The van der Waals surface area contributed by atoms with Gasteiger partial charge in [0.05, 0.1) is 0 Å². The van der Waals surface area contributed by atoms with Gasteiger partial charge in [-0.1, -0.05) is 32.9 Å². The zero-order chi connectivity index (χ0) is 9.35. The van der Waals surface area contributed by atoms with Crippen LogP contribution >= 0.6 is 11.6 Å². The van der Waals surface area contributed by atoms with Crippen LogP contribution in [0.2, 0.25) is 0 Å². The molecule has 1 fully saturated rings. The van der Waals surface area contributed by atoms with Gasteiger partial charge in [0, 0.05) is 5.92 Å². The first kappa shape index (κ1) is 9.79. The van der Waals surface area contributed by atoms with E-state index in [4.69, 9.17) is 11.6 Å². The van der Waals surface area contributed by atoms with E-state index in [0.717, 1.165) is 6.42 Å². The van der Waals surface area contributed by atoms with Crippen LogP contribution in [0.1, 0.15) is 27.2 Å². The molecule has 0 aromatic heterocycles. The molecule has 0 bridgehead atoms. The van der Waals surface area contributed by atoms with Crippen molar-refractivity contribution in [2.24, 2.45) is 17.3 Å². The Morgan fingerprint density at radius 3 is 2.50 bits per heavy atom. The maximum Gasteiger partial charge on any atom is 0.225 e. The van der Waals surface area contributed by atoms with E-state index in [1.54, 1.807) is 0 Å². The van der Waals surface area contributed by atoms with E-state index in [2.05, 4.69) is 32.9 Å². The van der Waals surface area contributed by atoms with Gasteiger partial charge in [0.15, 0.2) is 0 Å². The average molecular weight is 187 g/mol. The fraction of sp³-hybridized carbons (Fsp3) is 0.700. The molecule has 0 aromatic carbocycles. The molecule has 1 saturated carbocycles. The maximum atomic E-state index is 10.9. The van der Waals surface area contributed by atoms with Crippen LogP contribution in [0.15, 0.2) is 12.2 Å². The second-order valence-electron chi connectivity index (χ2n) is 3.97. The van der Waals surface area contributed by atoms with Crippen molar-refractivity contribution < 1.29 is 4.79 Å². The molecular weight excluding hydrogens is 172 g/mol. The second kappa shape index (κ2) is 3.21.